The van der Waals surface area contributed by atoms with Gasteiger partial charge in [-0.05, 0) is 37.3 Å². The van der Waals surface area contributed by atoms with E-state index in [1.165, 1.54) is 0 Å². The van der Waals surface area contributed by atoms with E-state index in [1.54, 1.807) is 50.4 Å². The van der Waals surface area contributed by atoms with Gasteiger partial charge in [0.2, 0.25) is 0 Å². The number of benzene rings is 2. The van der Waals surface area contributed by atoms with Gasteiger partial charge in [0.25, 0.3) is 0 Å². The number of aromatic amines is 1. The largest absolute Gasteiger partial charge is 0.496 e. The van der Waals surface area contributed by atoms with Crippen LogP contribution in [-0.2, 0) is 11.3 Å². The third-order valence-electron chi connectivity index (χ3n) is 3.86. The van der Waals surface area contributed by atoms with E-state index in [0.29, 0.717) is 38.4 Å². The van der Waals surface area contributed by atoms with Crippen LogP contribution in [0.25, 0.3) is 11.3 Å². The Labute approximate surface area is 171 Å². The maximum Gasteiger partial charge on any atom is 0.361 e. The van der Waals surface area contributed by atoms with Gasteiger partial charge in [0, 0.05) is 11.1 Å². The fourth-order valence-electron chi connectivity index (χ4n) is 2.58. The lowest BCUT2D eigenvalue weighted by atomic mass is 10.1. The van der Waals surface area contributed by atoms with Crippen molar-refractivity contribution in [1.29, 1.82) is 0 Å². The van der Waals surface area contributed by atoms with Crippen molar-refractivity contribution in [3.8, 4) is 22.8 Å². The number of carbonyl (C=O) groups is 1. The molecule has 28 heavy (non-hydrogen) atoms. The summed E-state index contributed by atoms with van der Waals surface area (Å²) >= 11 is 12.3. The molecule has 0 radical (unpaired) electrons. The van der Waals surface area contributed by atoms with Crippen LogP contribution < -0.4 is 9.47 Å². The van der Waals surface area contributed by atoms with Gasteiger partial charge in [-0.1, -0.05) is 29.3 Å². The minimum atomic E-state index is -0.553. The highest BCUT2D eigenvalue weighted by Gasteiger charge is 2.20. The van der Waals surface area contributed by atoms with E-state index in [4.69, 9.17) is 37.4 Å². The van der Waals surface area contributed by atoms with E-state index in [2.05, 4.69) is 15.4 Å². The van der Waals surface area contributed by atoms with Crippen molar-refractivity contribution in [2.75, 3.05) is 13.7 Å². The number of halogens is 2. The summed E-state index contributed by atoms with van der Waals surface area (Å²) in [4.78, 5) is 12.1. The molecule has 0 bridgehead atoms. The highest BCUT2D eigenvalue weighted by molar-refractivity contribution is 6.37. The van der Waals surface area contributed by atoms with Gasteiger partial charge in [0.15, 0.2) is 11.4 Å². The number of rotatable bonds is 7. The summed E-state index contributed by atoms with van der Waals surface area (Å²) in [5, 5.41) is 11.2. The average molecular weight is 422 g/mol. The number of esters is 1. The quantitative estimate of drug-likeness (QED) is 0.563. The molecular weight excluding hydrogens is 405 g/mol. The zero-order valence-electron chi connectivity index (χ0n) is 15.2. The molecule has 0 aliphatic carbocycles. The molecule has 0 amide bonds. The maximum absolute atomic E-state index is 12.1. The second-order valence-electron chi connectivity index (χ2n) is 5.61. The monoisotopic (exact) mass is 421 g/mol. The van der Waals surface area contributed by atoms with Crippen molar-refractivity contribution in [2.45, 2.75) is 13.5 Å². The van der Waals surface area contributed by atoms with Crippen molar-refractivity contribution in [3.05, 3.63) is 57.7 Å². The smallest absolute Gasteiger partial charge is 0.361 e. The van der Waals surface area contributed by atoms with Gasteiger partial charge in [0.05, 0.1) is 23.8 Å². The topological polar surface area (TPSA) is 86.3 Å². The van der Waals surface area contributed by atoms with Gasteiger partial charge in [-0.25, -0.2) is 4.79 Å². The van der Waals surface area contributed by atoms with Gasteiger partial charge < -0.3 is 14.2 Å². The first-order chi connectivity index (χ1) is 13.5. The van der Waals surface area contributed by atoms with Gasteiger partial charge in [0.1, 0.15) is 18.1 Å². The van der Waals surface area contributed by atoms with Crippen molar-refractivity contribution in [3.63, 3.8) is 0 Å². The molecule has 0 spiro atoms. The summed E-state index contributed by atoms with van der Waals surface area (Å²) < 4.78 is 16.2. The van der Waals surface area contributed by atoms with E-state index in [-0.39, 0.29) is 18.9 Å². The molecule has 7 nitrogen and oxygen atoms in total. The van der Waals surface area contributed by atoms with Crippen LogP contribution in [0.4, 0.5) is 0 Å². The second-order valence-corrected chi connectivity index (χ2v) is 6.42. The van der Waals surface area contributed by atoms with Crippen molar-refractivity contribution < 1.29 is 19.0 Å². The molecule has 3 rings (SSSR count). The van der Waals surface area contributed by atoms with E-state index in [0.717, 1.165) is 0 Å². The predicted octanol–water partition coefficient (Wildman–Crippen LogP) is 4.54. The summed E-state index contributed by atoms with van der Waals surface area (Å²) in [6, 6.07) is 10.4. The number of H-pyrrole nitrogens is 1. The molecule has 0 unspecified atom stereocenters. The molecule has 0 aliphatic heterocycles. The first-order valence-corrected chi connectivity index (χ1v) is 9.12. The average Bonchev–Trinajstić information content (AvgIpc) is 3.17. The number of carbonyl (C=O) groups excluding carboxylic acids is 1. The first kappa shape index (κ1) is 20.0. The molecule has 146 valence electrons. The number of hydrogen-bond donors (Lipinski definition) is 1. The molecule has 1 aromatic heterocycles. The highest BCUT2D eigenvalue weighted by atomic mass is 35.5. The zero-order chi connectivity index (χ0) is 20.1. The van der Waals surface area contributed by atoms with E-state index >= 15 is 0 Å². The number of hydrogen-bond acceptors (Lipinski definition) is 6. The summed E-state index contributed by atoms with van der Waals surface area (Å²) in [7, 11) is 1.56. The van der Waals surface area contributed by atoms with Gasteiger partial charge in [-0.15, -0.1) is 5.10 Å². The number of aromatic nitrogens is 3. The number of nitrogens with zero attached hydrogens (tertiary/aromatic N) is 2. The third kappa shape index (κ3) is 4.21. The van der Waals surface area contributed by atoms with Gasteiger partial charge >= 0.3 is 5.97 Å². The minimum absolute atomic E-state index is 0.105. The van der Waals surface area contributed by atoms with Gasteiger partial charge in [-0.2, -0.15) is 10.3 Å². The molecule has 0 saturated heterocycles. The molecule has 0 aliphatic rings. The van der Waals surface area contributed by atoms with Crippen LogP contribution in [0.15, 0.2) is 36.4 Å². The lowest BCUT2D eigenvalue weighted by Gasteiger charge is -2.13. The molecule has 0 fully saturated rings. The number of para-hydroxylation sites is 1. The summed E-state index contributed by atoms with van der Waals surface area (Å²) in [6.45, 7) is 2.11. The van der Waals surface area contributed by atoms with Crippen molar-refractivity contribution in [2.24, 2.45) is 0 Å². The Kier molecular flexibility index (Phi) is 6.38. The Bertz CT molecular complexity index is 971. The molecule has 9 heteroatoms. The molecular formula is C19H17Cl2N3O4. The van der Waals surface area contributed by atoms with Crippen LogP contribution in [0.2, 0.25) is 10.0 Å². The van der Waals surface area contributed by atoms with Crippen LogP contribution in [-0.4, -0.2) is 35.1 Å². The number of nitrogens with one attached hydrogen (secondary N) is 1. The Morgan fingerprint density at radius 2 is 1.89 bits per heavy atom. The molecule has 2 aromatic carbocycles. The lowest BCUT2D eigenvalue weighted by molar-refractivity contribution is 0.0520. The molecule has 0 atom stereocenters. The van der Waals surface area contributed by atoms with Crippen LogP contribution in [0.1, 0.15) is 23.0 Å². The van der Waals surface area contributed by atoms with Crippen molar-refractivity contribution in [1.82, 2.24) is 15.4 Å². The predicted molar refractivity (Wildman–Crippen MR) is 105 cm³/mol. The highest BCUT2D eigenvalue weighted by Crippen LogP contribution is 2.34. The Balaban J connectivity index is 1.91. The van der Waals surface area contributed by atoms with E-state index in [9.17, 15) is 4.79 Å². The summed E-state index contributed by atoms with van der Waals surface area (Å²) in [5.74, 6) is 0.433. The fourth-order valence-corrected chi connectivity index (χ4v) is 3.09. The molecule has 1 heterocycles. The number of methoxy groups -OCH3 is 1. The molecule has 0 saturated carbocycles. The standard InChI is InChI=1S/C19H17Cl2N3O4/c1-3-27-19(25)17-16(22-24-23-17)11-7-8-15(26-2)12(9-11)10-28-18-13(20)5-4-6-14(18)21/h4-9H,3,10H2,1-2H3,(H,22,23,24). The van der Waals surface area contributed by atoms with Crippen LogP contribution >= 0.6 is 23.2 Å². The fraction of sp³-hybridized carbons (Fsp3) is 0.211. The van der Waals surface area contributed by atoms with Crippen LogP contribution in [0.3, 0.4) is 0 Å². The first-order valence-electron chi connectivity index (χ1n) is 8.37. The normalized spacial score (nSPS) is 10.6. The lowest BCUT2D eigenvalue weighted by Crippen LogP contribution is -2.07. The van der Waals surface area contributed by atoms with Crippen LogP contribution in [0, 0.1) is 0 Å². The second kappa shape index (κ2) is 8.95. The summed E-state index contributed by atoms with van der Waals surface area (Å²) in [5.41, 5.74) is 1.85. The SMILES string of the molecule is CCOC(=O)c1n[nH]nc1-c1ccc(OC)c(COc2c(Cl)cccc2Cl)c1. The summed E-state index contributed by atoms with van der Waals surface area (Å²) in [6.07, 6.45) is 0. The Morgan fingerprint density at radius 1 is 1.14 bits per heavy atom. The number of ether oxygens (including phenoxy) is 3. The minimum Gasteiger partial charge on any atom is -0.496 e. The molecule has 1 N–H and O–H groups in total. The Morgan fingerprint density at radius 3 is 2.57 bits per heavy atom. The van der Waals surface area contributed by atoms with Gasteiger partial charge in [-0.3, -0.25) is 0 Å². The molecule has 3 aromatic rings. The zero-order valence-corrected chi connectivity index (χ0v) is 16.7. The Hall–Kier alpha value is -2.77. The third-order valence-corrected chi connectivity index (χ3v) is 4.46. The van der Waals surface area contributed by atoms with E-state index in [1.807, 2.05) is 0 Å². The van der Waals surface area contributed by atoms with Crippen LogP contribution in [0.5, 0.6) is 11.5 Å². The maximum atomic E-state index is 12.1. The van der Waals surface area contributed by atoms with Crippen molar-refractivity contribution >= 4 is 29.2 Å². The van der Waals surface area contributed by atoms with E-state index < -0.39 is 5.97 Å².